The zero-order chi connectivity index (χ0) is 21.0. The van der Waals surface area contributed by atoms with Crippen molar-refractivity contribution in [3.63, 3.8) is 0 Å². The van der Waals surface area contributed by atoms with Gasteiger partial charge >= 0.3 is 6.09 Å². The van der Waals surface area contributed by atoms with Crippen LogP contribution in [0.1, 0.15) is 44.7 Å². The van der Waals surface area contributed by atoms with Crippen molar-refractivity contribution in [3.05, 3.63) is 59.7 Å². The van der Waals surface area contributed by atoms with Crippen molar-refractivity contribution < 1.29 is 9.53 Å². The summed E-state index contributed by atoms with van der Waals surface area (Å²) < 4.78 is 5.62. The van der Waals surface area contributed by atoms with Gasteiger partial charge in [-0.1, -0.05) is 30.3 Å². The third-order valence-electron chi connectivity index (χ3n) is 4.50. The van der Waals surface area contributed by atoms with E-state index in [-0.39, 0.29) is 36.1 Å². The van der Waals surface area contributed by atoms with Gasteiger partial charge in [-0.05, 0) is 69.9 Å². The number of nitrogens with one attached hydrogen (secondary N) is 1. The minimum Gasteiger partial charge on any atom is -0.443 e. The molecule has 0 heterocycles. The molecular weight excluding hydrogens is 491 g/mol. The Morgan fingerprint density at radius 1 is 1.20 bits per heavy atom. The lowest BCUT2D eigenvalue weighted by molar-refractivity contribution is 0.0577. The van der Waals surface area contributed by atoms with E-state index in [9.17, 15) is 4.79 Å². The van der Waals surface area contributed by atoms with Crippen LogP contribution in [0.2, 0.25) is 0 Å². The highest BCUT2D eigenvalue weighted by molar-refractivity contribution is 14.0. The summed E-state index contributed by atoms with van der Waals surface area (Å²) in [6, 6.07) is 15.9. The number of para-hydroxylation sites is 1. The van der Waals surface area contributed by atoms with Crippen LogP contribution in [0, 0.1) is 6.92 Å². The van der Waals surface area contributed by atoms with Crippen LogP contribution in [0.3, 0.4) is 0 Å². The molecule has 2 aromatic carbocycles. The second kappa shape index (κ2) is 10.1. The van der Waals surface area contributed by atoms with Crippen LogP contribution in [0.5, 0.6) is 0 Å². The number of rotatable bonds is 5. The molecule has 2 aromatic rings. The highest BCUT2D eigenvalue weighted by atomic mass is 127. The third kappa shape index (κ3) is 6.90. The minimum absolute atomic E-state index is 0. The van der Waals surface area contributed by atoms with Gasteiger partial charge in [-0.3, -0.25) is 4.90 Å². The molecule has 0 radical (unpaired) electrons. The van der Waals surface area contributed by atoms with E-state index < -0.39 is 5.60 Å². The molecule has 1 saturated carbocycles. The van der Waals surface area contributed by atoms with Gasteiger partial charge in [0.2, 0.25) is 0 Å². The second-order valence-electron chi connectivity index (χ2n) is 8.39. The van der Waals surface area contributed by atoms with Crippen molar-refractivity contribution >= 4 is 47.4 Å². The fourth-order valence-electron chi connectivity index (χ4n) is 3.06. The number of carbonyl (C=O) groups is 1. The van der Waals surface area contributed by atoms with E-state index >= 15 is 0 Å². The normalized spacial score (nSPS) is 13.9. The molecule has 3 rings (SSSR count). The molecule has 1 fully saturated rings. The molecule has 6 nitrogen and oxygen atoms in total. The molecule has 0 aliphatic heterocycles. The molecule has 3 N–H and O–H groups in total. The lowest BCUT2D eigenvalue weighted by Gasteiger charge is -2.28. The number of carbonyl (C=O) groups excluding carboxylic acids is 1. The van der Waals surface area contributed by atoms with Gasteiger partial charge in [-0.25, -0.2) is 9.79 Å². The Morgan fingerprint density at radius 2 is 1.87 bits per heavy atom. The number of aliphatic imine (C=N–C) groups is 1. The Kier molecular flexibility index (Phi) is 8.11. The van der Waals surface area contributed by atoms with E-state index in [0.717, 1.165) is 35.3 Å². The van der Waals surface area contributed by atoms with Crippen LogP contribution < -0.4 is 16.0 Å². The molecule has 0 aromatic heterocycles. The number of halogens is 1. The van der Waals surface area contributed by atoms with E-state index in [2.05, 4.69) is 10.3 Å². The molecule has 1 aliphatic rings. The van der Waals surface area contributed by atoms with Gasteiger partial charge in [0.05, 0.1) is 12.2 Å². The van der Waals surface area contributed by atoms with Crippen molar-refractivity contribution in [2.45, 2.75) is 58.7 Å². The topological polar surface area (TPSA) is 80.0 Å². The standard InChI is InChI=1S/C23H30N4O2.HI/c1-16-14-17(15-25-21(24)26-18-8-6-5-7-9-18)10-13-20(16)27(19-11-12-19)22(28)29-23(2,3)4;/h5-10,13-14,19H,11-12,15H2,1-4H3,(H3,24,25,26);1H. The number of amides is 1. The summed E-state index contributed by atoms with van der Waals surface area (Å²) in [5, 5.41) is 3.07. The lowest BCUT2D eigenvalue weighted by Crippen LogP contribution is -2.38. The summed E-state index contributed by atoms with van der Waals surface area (Å²) in [4.78, 5) is 18.9. The van der Waals surface area contributed by atoms with Crippen LogP contribution in [0.25, 0.3) is 0 Å². The summed E-state index contributed by atoms with van der Waals surface area (Å²) in [6.07, 6.45) is 1.73. The van der Waals surface area contributed by atoms with E-state index in [1.54, 1.807) is 4.90 Å². The molecular formula is C23H31IN4O2. The predicted octanol–water partition coefficient (Wildman–Crippen LogP) is 5.44. The maximum absolute atomic E-state index is 12.7. The SMILES string of the molecule is Cc1cc(CN=C(N)Nc2ccccc2)ccc1N(C(=O)OC(C)(C)C)C1CC1.I. The van der Waals surface area contributed by atoms with Crippen LogP contribution in [-0.4, -0.2) is 23.7 Å². The molecule has 0 bridgehead atoms. The number of benzene rings is 2. The Hall–Kier alpha value is -2.29. The van der Waals surface area contributed by atoms with Crippen LogP contribution >= 0.6 is 24.0 Å². The summed E-state index contributed by atoms with van der Waals surface area (Å²) in [5.74, 6) is 0.367. The zero-order valence-electron chi connectivity index (χ0n) is 18.0. The fourth-order valence-corrected chi connectivity index (χ4v) is 3.06. The number of hydrogen-bond acceptors (Lipinski definition) is 3. The number of aryl methyl sites for hydroxylation is 1. The monoisotopic (exact) mass is 522 g/mol. The number of nitrogens with zero attached hydrogens (tertiary/aromatic N) is 2. The average molecular weight is 522 g/mol. The maximum atomic E-state index is 12.7. The number of hydrogen-bond donors (Lipinski definition) is 2. The molecule has 7 heteroatoms. The van der Waals surface area contributed by atoms with E-state index in [0.29, 0.717) is 12.5 Å². The summed E-state index contributed by atoms with van der Waals surface area (Å²) in [5.41, 5.74) is 9.31. The first-order valence-electron chi connectivity index (χ1n) is 9.97. The summed E-state index contributed by atoms with van der Waals surface area (Å²) in [6.45, 7) is 8.13. The Balaban J connectivity index is 0.00000320. The molecule has 1 amide bonds. The maximum Gasteiger partial charge on any atom is 0.415 e. The van der Waals surface area contributed by atoms with Crippen LogP contribution in [-0.2, 0) is 11.3 Å². The largest absolute Gasteiger partial charge is 0.443 e. The van der Waals surface area contributed by atoms with Crippen molar-refractivity contribution in [3.8, 4) is 0 Å². The van der Waals surface area contributed by atoms with Crippen molar-refractivity contribution in [1.29, 1.82) is 0 Å². The van der Waals surface area contributed by atoms with Crippen LogP contribution in [0.15, 0.2) is 53.5 Å². The highest BCUT2D eigenvalue weighted by Crippen LogP contribution is 2.35. The zero-order valence-corrected chi connectivity index (χ0v) is 20.3. The molecule has 0 spiro atoms. The van der Waals surface area contributed by atoms with E-state index in [1.165, 1.54) is 0 Å². The Labute approximate surface area is 195 Å². The highest BCUT2D eigenvalue weighted by Gasteiger charge is 2.37. The molecule has 1 aliphatic carbocycles. The second-order valence-corrected chi connectivity index (χ2v) is 8.39. The summed E-state index contributed by atoms with van der Waals surface area (Å²) in [7, 11) is 0. The molecule has 30 heavy (non-hydrogen) atoms. The average Bonchev–Trinajstić information content (AvgIpc) is 3.46. The molecule has 162 valence electrons. The van der Waals surface area contributed by atoms with Gasteiger partial charge < -0.3 is 15.8 Å². The van der Waals surface area contributed by atoms with E-state index in [4.69, 9.17) is 10.5 Å². The smallest absolute Gasteiger partial charge is 0.415 e. The van der Waals surface area contributed by atoms with Gasteiger partial charge in [0, 0.05) is 11.7 Å². The molecule has 0 atom stereocenters. The molecule has 0 saturated heterocycles. The minimum atomic E-state index is -0.518. The Bertz CT molecular complexity index is 890. The molecule has 0 unspecified atom stereocenters. The number of anilines is 2. The first-order chi connectivity index (χ1) is 13.7. The van der Waals surface area contributed by atoms with Crippen molar-refractivity contribution in [2.75, 3.05) is 10.2 Å². The summed E-state index contributed by atoms with van der Waals surface area (Å²) >= 11 is 0. The van der Waals surface area contributed by atoms with Crippen LogP contribution in [0.4, 0.5) is 16.2 Å². The third-order valence-corrected chi connectivity index (χ3v) is 4.50. The lowest BCUT2D eigenvalue weighted by atomic mass is 10.1. The Morgan fingerprint density at radius 3 is 2.43 bits per heavy atom. The number of nitrogens with two attached hydrogens (primary N) is 1. The van der Waals surface area contributed by atoms with Gasteiger partial charge in [0.25, 0.3) is 0 Å². The first-order valence-corrected chi connectivity index (χ1v) is 9.97. The van der Waals surface area contributed by atoms with Gasteiger partial charge in [0.1, 0.15) is 5.60 Å². The predicted molar refractivity (Wildman–Crippen MR) is 134 cm³/mol. The van der Waals surface area contributed by atoms with Gasteiger partial charge in [0.15, 0.2) is 5.96 Å². The van der Waals surface area contributed by atoms with Crippen molar-refractivity contribution in [1.82, 2.24) is 0 Å². The first kappa shape index (κ1) is 24.0. The fraction of sp³-hybridized carbons (Fsp3) is 0.391. The quantitative estimate of drug-likeness (QED) is 0.311. The van der Waals surface area contributed by atoms with Crippen molar-refractivity contribution in [2.24, 2.45) is 10.7 Å². The van der Waals surface area contributed by atoms with Gasteiger partial charge in [-0.2, -0.15) is 0 Å². The van der Waals surface area contributed by atoms with Gasteiger partial charge in [-0.15, -0.1) is 24.0 Å². The van der Waals surface area contributed by atoms with E-state index in [1.807, 2.05) is 76.2 Å². The number of guanidine groups is 1. The number of ether oxygens (including phenoxy) is 1.